The zero-order chi connectivity index (χ0) is 18.0. The third kappa shape index (κ3) is 2.29. The van der Waals surface area contributed by atoms with Gasteiger partial charge in [0, 0.05) is 12.8 Å². The first-order valence-electron chi connectivity index (χ1n) is 8.23. The molecule has 0 radical (unpaired) electrons. The minimum Gasteiger partial charge on any atom is -0.461 e. The van der Waals surface area contributed by atoms with Crippen molar-refractivity contribution < 1.29 is 34.4 Å². The quantitative estimate of drug-likeness (QED) is 0.452. The molecule has 1 aliphatic heterocycles. The Hall–Kier alpha value is -1.44. The summed E-state index contributed by atoms with van der Waals surface area (Å²) in [6.45, 7) is 6.15. The molecule has 0 amide bonds. The van der Waals surface area contributed by atoms with Gasteiger partial charge in [-0.15, -0.1) is 0 Å². The molecule has 1 saturated carbocycles. The zero-order valence-electron chi connectivity index (χ0n) is 14.2. The molecule has 1 saturated heterocycles. The molecule has 0 spiro atoms. The van der Waals surface area contributed by atoms with Gasteiger partial charge < -0.3 is 24.8 Å². The van der Waals surface area contributed by atoms with Crippen LogP contribution in [0.3, 0.4) is 0 Å². The Labute approximate surface area is 140 Å². The fourth-order valence-corrected chi connectivity index (χ4v) is 4.72. The first-order valence-corrected chi connectivity index (χ1v) is 8.23. The second-order valence-corrected chi connectivity index (χ2v) is 7.45. The lowest BCUT2D eigenvalue weighted by Gasteiger charge is -2.35. The number of aliphatic hydroxyl groups is 3. The van der Waals surface area contributed by atoms with E-state index in [4.69, 9.17) is 9.47 Å². The van der Waals surface area contributed by atoms with Crippen LogP contribution in [0.1, 0.15) is 34.1 Å². The van der Waals surface area contributed by atoms with E-state index in [1.54, 1.807) is 13.8 Å². The van der Waals surface area contributed by atoms with Gasteiger partial charge in [0.25, 0.3) is 0 Å². The number of fused-ring (bicyclic) bond motifs is 3. The maximum atomic E-state index is 12.0. The Morgan fingerprint density at radius 3 is 2.58 bits per heavy atom. The molecule has 24 heavy (non-hydrogen) atoms. The van der Waals surface area contributed by atoms with E-state index in [1.165, 1.54) is 13.8 Å². The fraction of sp³-hybridized carbons (Fsp3) is 0.765. The molecule has 1 unspecified atom stereocenters. The van der Waals surface area contributed by atoms with E-state index in [-0.39, 0.29) is 6.42 Å². The molecule has 0 bridgehead atoms. The highest BCUT2D eigenvalue weighted by Gasteiger charge is 2.65. The number of carbonyl (C=O) groups excluding carboxylic acids is 2. The standard InChI is InChI=1S/C17H24O7/c1-6-5-9(19)11-7(2)16(21)24-14(11)12-10(6)13(20)15(17(12,4)22)23-8(3)18/h7,9,11-15,19-20,22H,5H2,1-4H3/t7-,9-,11?,12-,13+,14-,15+,17-/m0/s1. The van der Waals surface area contributed by atoms with Crippen LogP contribution in [-0.4, -0.2) is 57.3 Å². The van der Waals surface area contributed by atoms with Crippen molar-refractivity contribution in [1.29, 1.82) is 0 Å². The number of rotatable bonds is 1. The van der Waals surface area contributed by atoms with Gasteiger partial charge in [0.2, 0.25) is 0 Å². The predicted molar refractivity (Wildman–Crippen MR) is 81.5 cm³/mol. The molecule has 134 valence electrons. The smallest absolute Gasteiger partial charge is 0.309 e. The van der Waals surface area contributed by atoms with Crippen LogP contribution in [0, 0.1) is 17.8 Å². The lowest BCUT2D eigenvalue weighted by molar-refractivity contribution is -0.174. The van der Waals surface area contributed by atoms with Crippen LogP contribution in [0.4, 0.5) is 0 Å². The van der Waals surface area contributed by atoms with Gasteiger partial charge in [-0.25, -0.2) is 0 Å². The number of esters is 2. The average Bonchev–Trinajstić information content (AvgIpc) is 2.79. The summed E-state index contributed by atoms with van der Waals surface area (Å²) in [5.74, 6) is -2.75. The molecular formula is C17H24O7. The first-order chi connectivity index (χ1) is 11.1. The highest BCUT2D eigenvalue weighted by atomic mass is 16.6. The van der Waals surface area contributed by atoms with Crippen molar-refractivity contribution in [1.82, 2.24) is 0 Å². The van der Waals surface area contributed by atoms with Gasteiger partial charge in [-0.3, -0.25) is 9.59 Å². The van der Waals surface area contributed by atoms with Gasteiger partial charge >= 0.3 is 11.9 Å². The lowest BCUT2D eigenvalue weighted by atomic mass is 9.76. The predicted octanol–water partition coefficient (Wildman–Crippen LogP) is -0.0814. The van der Waals surface area contributed by atoms with Crippen molar-refractivity contribution in [2.24, 2.45) is 17.8 Å². The van der Waals surface area contributed by atoms with Crippen LogP contribution in [-0.2, 0) is 19.1 Å². The molecule has 2 fully saturated rings. The molecule has 1 heterocycles. The van der Waals surface area contributed by atoms with Crippen LogP contribution in [0.2, 0.25) is 0 Å². The van der Waals surface area contributed by atoms with Crippen molar-refractivity contribution >= 4 is 11.9 Å². The van der Waals surface area contributed by atoms with Crippen molar-refractivity contribution in [2.75, 3.05) is 0 Å². The largest absolute Gasteiger partial charge is 0.461 e. The van der Waals surface area contributed by atoms with Crippen LogP contribution in [0.25, 0.3) is 0 Å². The monoisotopic (exact) mass is 340 g/mol. The molecule has 3 rings (SSSR count). The Bertz CT molecular complexity index is 608. The number of ether oxygens (including phenoxy) is 2. The summed E-state index contributed by atoms with van der Waals surface area (Å²) in [6.07, 6.45) is -3.64. The molecule has 0 aromatic heterocycles. The van der Waals surface area contributed by atoms with Crippen LogP contribution < -0.4 is 0 Å². The van der Waals surface area contributed by atoms with E-state index in [9.17, 15) is 24.9 Å². The van der Waals surface area contributed by atoms with Gasteiger partial charge in [-0.05, 0) is 25.8 Å². The summed E-state index contributed by atoms with van der Waals surface area (Å²) in [6, 6.07) is 0. The fourth-order valence-electron chi connectivity index (χ4n) is 4.72. The molecule has 2 aliphatic carbocycles. The second kappa shape index (κ2) is 5.54. The molecule has 7 heteroatoms. The van der Waals surface area contributed by atoms with E-state index >= 15 is 0 Å². The zero-order valence-corrected chi connectivity index (χ0v) is 14.2. The van der Waals surface area contributed by atoms with Gasteiger partial charge in [0.05, 0.1) is 17.9 Å². The van der Waals surface area contributed by atoms with Crippen molar-refractivity contribution in [3.05, 3.63) is 11.1 Å². The topological polar surface area (TPSA) is 113 Å². The summed E-state index contributed by atoms with van der Waals surface area (Å²) < 4.78 is 10.7. The molecule has 3 N–H and O–H groups in total. The molecule has 3 aliphatic rings. The Morgan fingerprint density at radius 2 is 2.00 bits per heavy atom. The normalized spacial score (nSPS) is 47.8. The maximum absolute atomic E-state index is 12.0. The number of aliphatic hydroxyl groups excluding tert-OH is 2. The van der Waals surface area contributed by atoms with Gasteiger partial charge in [0.1, 0.15) is 17.8 Å². The van der Waals surface area contributed by atoms with E-state index < -0.39 is 59.7 Å². The van der Waals surface area contributed by atoms with Crippen LogP contribution in [0.15, 0.2) is 11.1 Å². The van der Waals surface area contributed by atoms with Crippen LogP contribution in [0.5, 0.6) is 0 Å². The summed E-state index contributed by atoms with van der Waals surface area (Å²) in [5.41, 5.74) is -0.383. The van der Waals surface area contributed by atoms with Crippen molar-refractivity contribution in [2.45, 2.75) is 64.1 Å². The second-order valence-electron chi connectivity index (χ2n) is 7.45. The molecule has 7 nitrogen and oxygen atoms in total. The highest BCUT2D eigenvalue weighted by molar-refractivity contribution is 5.75. The Balaban J connectivity index is 2.11. The van der Waals surface area contributed by atoms with E-state index in [0.29, 0.717) is 5.57 Å². The highest BCUT2D eigenvalue weighted by Crippen LogP contribution is 2.53. The minimum atomic E-state index is -1.61. The minimum absolute atomic E-state index is 0.272. The van der Waals surface area contributed by atoms with Gasteiger partial charge in [-0.1, -0.05) is 12.5 Å². The Morgan fingerprint density at radius 1 is 1.38 bits per heavy atom. The van der Waals surface area contributed by atoms with E-state index in [1.807, 2.05) is 0 Å². The van der Waals surface area contributed by atoms with Crippen molar-refractivity contribution in [3.8, 4) is 0 Å². The third-order valence-electron chi connectivity index (χ3n) is 5.80. The van der Waals surface area contributed by atoms with E-state index in [2.05, 4.69) is 0 Å². The molecule has 0 aromatic carbocycles. The molecule has 8 atom stereocenters. The van der Waals surface area contributed by atoms with Crippen molar-refractivity contribution in [3.63, 3.8) is 0 Å². The SMILES string of the molecule is CC(=O)O[C@@H]1[C@H](O)C2=C(C)C[C@H](O)C3[C@H](C)C(=O)O[C@@H]3[C@H]2[C@]1(C)O. The van der Waals surface area contributed by atoms with Crippen LogP contribution >= 0.6 is 0 Å². The third-order valence-corrected chi connectivity index (χ3v) is 5.80. The average molecular weight is 340 g/mol. The first kappa shape index (κ1) is 17.4. The summed E-state index contributed by atoms with van der Waals surface area (Å²) >= 11 is 0. The summed E-state index contributed by atoms with van der Waals surface area (Å²) in [7, 11) is 0. The number of hydrogen-bond acceptors (Lipinski definition) is 7. The lowest BCUT2D eigenvalue weighted by Crippen LogP contribution is -2.50. The summed E-state index contributed by atoms with van der Waals surface area (Å²) in [5, 5.41) is 32.3. The van der Waals surface area contributed by atoms with Gasteiger partial charge in [-0.2, -0.15) is 0 Å². The molecular weight excluding hydrogens is 316 g/mol. The Kier molecular flexibility index (Phi) is 4.01. The molecule has 0 aromatic rings. The number of carbonyl (C=O) groups is 2. The van der Waals surface area contributed by atoms with E-state index in [0.717, 1.165) is 5.57 Å². The number of hydrogen-bond donors (Lipinski definition) is 3. The maximum Gasteiger partial charge on any atom is 0.309 e. The van der Waals surface area contributed by atoms with Gasteiger partial charge in [0.15, 0.2) is 6.10 Å². The summed E-state index contributed by atoms with van der Waals surface area (Å²) in [4.78, 5) is 23.4.